The number of benzene rings is 1. The fraction of sp³-hybridized carbons (Fsp3) is 0.273. The molecule has 3 heterocycles. The van der Waals surface area contributed by atoms with Crippen LogP contribution in [0.25, 0.3) is 11.3 Å². The van der Waals surface area contributed by atoms with Gasteiger partial charge in [-0.3, -0.25) is 19.7 Å². The summed E-state index contributed by atoms with van der Waals surface area (Å²) < 4.78 is 10.5. The van der Waals surface area contributed by atoms with Crippen LogP contribution in [0.1, 0.15) is 20.8 Å². The van der Waals surface area contributed by atoms with E-state index in [0.29, 0.717) is 54.6 Å². The highest BCUT2D eigenvalue weighted by Gasteiger charge is 2.27. The van der Waals surface area contributed by atoms with Crippen LogP contribution < -0.4 is 9.47 Å². The lowest BCUT2D eigenvalue weighted by Crippen LogP contribution is -2.50. The normalized spacial score (nSPS) is 13.7. The zero-order valence-corrected chi connectivity index (χ0v) is 17.4. The third-order valence-electron chi connectivity index (χ3n) is 5.24. The van der Waals surface area contributed by atoms with E-state index in [9.17, 15) is 9.59 Å². The number of aromatic nitrogens is 3. The van der Waals surface area contributed by atoms with E-state index in [1.165, 1.54) is 0 Å². The molecule has 0 saturated carbocycles. The quantitative estimate of drug-likeness (QED) is 0.677. The lowest BCUT2D eigenvalue weighted by atomic mass is 10.1. The Morgan fingerprint density at radius 2 is 1.45 bits per heavy atom. The number of carbonyl (C=O) groups excluding carboxylic acids is 2. The average molecular weight is 421 g/mol. The van der Waals surface area contributed by atoms with Crippen LogP contribution in [0.2, 0.25) is 0 Å². The first kappa shape index (κ1) is 20.4. The van der Waals surface area contributed by atoms with Gasteiger partial charge in [0, 0.05) is 55.8 Å². The highest BCUT2D eigenvalue weighted by Crippen LogP contribution is 2.24. The number of carbonyl (C=O) groups is 2. The Morgan fingerprint density at radius 1 is 0.871 bits per heavy atom. The standard InChI is InChI=1S/C22H23N5O4/c1-30-17-11-16(12-18(13-17)31-2)21(28)26-7-9-27(10-8-26)22(29)20-14-19(24-25-20)15-3-5-23-6-4-15/h3-6,11-14H,7-10H2,1-2H3,(H,24,25). The number of piperazine rings is 1. The van der Waals surface area contributed by atoms with E-state index in [-0.39, 0.29) is 11.8 Å². The minimum absolute atomic E-state index is 0.120. The highest BCUT2D eigenvalue weighted by atomic mass is 16.5. The first-order valence-corrected chi connectivity index (χ1v) is 9.86. The van der Waals surface area contributed by atoms with Gasteiger partial charge in [0.15, 0.2) is 0 Å². The summed E-state index contributed by atoms with van der Waals surface area (Å²) in [5, 5.41) is 7.05. The van der Waals surface area contributed by atoms with Crippen LogP contribution >= 0.6 is 0 Å². The minimum Gasteiger partial charge on any atom is -0.497 e. The second-order valence-corrected chi connectivity index (χ2v) is 7.09. The SMILES string of the molecule is COc1cc(OC)cc(C(=O)N2CCN(C(=O)c3cc(-c4ccncc4)n[nH]3)CC2)c1. The molecule has 1 N–H and O–H groups in total. The predicted molar refractivity (Wildman–Crippen MR) is 113 cm³/mol. The number of pyridine rings is 1. The van der Waals surface area contributed by atoms with Crippen LogP contribution in [-0.2, 0) is 0 Å². The zero-order chi connectivity index (χ0) is 21.8. The Balaban J connectivity index is 1.40. The molecule has 0 radical (unpaired) electrons. The lowest BCUT2D eigenvalue weighted by molar-refractivity contribution is 0.0532. The molecule has 160 valence electrons. The van der Waals surface area contributed by atoms with Gasteiger partial charge in [0.25, 0.3) is 11.8 Å². The van der Waals surface area contributed by atoms with Gasteiger partial charge in [-0.05, 0) is 30.3 Å². The maximum atomic E-state index is 12.9. The van der Waals surface area contributed by atoms with Gasteiger partial charge < -0.3 is 19.3 Å². The average Bonchev–Trinajstić information content (AvgIpc) is 3.34. The van der Waals surface area contributed by atoms with Gasteiger partial charge in [0.1, 0.15) is 17.2 Å². The minimum atomic E-state index is -0.136. The number of nitrogens with one attached hydrogen (secondary N) is 1. The molecular weight excluding hydrogens is 398 g/mol. The monoisotopic (exact) mass is 421 g/mol. The van der Waals surface area contributed by atoms with Crippen molar-refractivity contribution >= 4 is 11.8 Å². The molecule has 1 aliphatic heterocycles. The largest absolute Gasteiger partial charge is 0.497 e. The van der Waals surface area contributed by atoms with Crippen molar-refractivity contribution in [2.45, 2.75) is 0 Å². The van der Waals surface area contributed by atoms with Crippen LogP contribution in [-0.4, -0.2) is 77.2 Å². The molecule has 31 heavy (non-hydrogen) atoms. The Morgan fingerprint density at radius 3 is 2.03 bits per heavy atom. The van der Waals surface area contributed by atoms with Gasteiger partial charge in [-0.2, -0.15) is 5.10 Å². The number of rotatable bonds is 5. The molecule has 9 nitrogen and oxygen atoms in total. The summed E-state index contributed by atoms with van der Waals surface area (Å²) >= 11 is 0. The smallest absolute Gasteiger partial charge is 0.272 e. The summed E-state index contributed by atoms with van der Waals surface area (Å²) in [4.78, 5) is 33.2. The number of hydrogen-bond donors (Lipinski definition) is 1. The first-order chi connectivity index (χ1) is 15.1. The summed E-state index contributed by atoms with van der Waals surface area (Å²) in [6.45, 7) is 1.76. The summed E-state index contributed by atoms with van der Waals surface area (Å²) in [6, 6.07) is 10.5. The third-order valence-corrected chi connectivity index (χ3v) is 5.24. The summed E-state index contributed by atoms with van der Waals surface area (Å²) in [6.07, 6.45) is 3.36. The maximum Gasteiger partial charge on any atom is 0.272 e. The van der Waals surface area contributed by atoms with Crippen molar-refractivity contribution in [3.63, 3.8) is 0 Å². The van der Waals surface area contributed by atoms with Gasteiger partial charge in [-0.1, -0.05) is 0 Å². The number of aromatic amines is 1. The van der Waals surface area contributed by atoms with Crippen molar-refractivity contribution in [3.8, 4) is 22.8 Å². The fourth-order valence-electron chi connectivity index (χ4n) is 3.50. The van der Waals surface area contributed by atoms with E-state index < -0.39 is 0 Å². The van der Waals surface area contributed by atoms with Crippen molar-refractivity contribution < 1.29 is 19.1 Å². The summed E-state index contributed by atoms with van der Waals surface area (Å²) in [7, 11) is 3.09. The van der Waals surface area contributed by atoms with Gasteiger partial charge in [0.05, 0.1) is 19.9 Å². The third kappa shape index (κ3) is 4.35. The molecule has 0 atom stereocenters. The van der Waals surface area contributed by atoms with Crippen molar-refractivity contribution in [2.24, 2.45) is 0 Å². The zero-order valence-electron chi connectivity index (χ0n) is 17.4. The molecule has 1 aromatic carbocycles. The molecule has 2 aromatic heterocycles. The van der Waals surface area contributed by atoms with Crippen LogP contribution in [0.3, 0.4) is 0 Å². The van der Waals surface area contributed by atoms with E-state index in [2.05, 4.69) is 15.2 Å². The second-order valence-electron chi connectivity index (χ2n) is 7.09. The highest BCUT2D eigenvalue weighted by molar-refractivity contribution is 5.96. The van der Waals surface area contributed by atoms with Crippen LogP contribution in [0.5, 0.6) is 11.5 Å². The van der Waals surface area contributed by atoms with Crippen molar-refractivity contribution in [1.29, 1.82) is 0 Å². The van der Waals surface area contributed by atoms with E-state index >= 15 is 0 Å². The van der Waals surface area contributed by atoms with E-state index in [0.717, 1.165) is 5.56 Å². The number of nitrogens with zero attached hydrogens (tertiary/aromatic N) is 4. The number of amides is 2. The molecular formula is C22H23N5O4. The van der Waals surface area contributed by atoms with Crippen molar-refractivity contribution in [2.75, 3.05) is 40.4 Å². The fourth-order valence-corrected chi connectivity index (χ4v) is 3.50. The van der Waals surface area contributed by atoms with Crippen molar-refractivity contribution in [1.82, 2.24) is 25.0 Å². The first-order valence-electron chi connectivity index (χ1n) is 9.86. The van der Waals surface area contributed by atoms with E-state index in [1.807, 2.05) is 12.1 Å². The molecule has 1 fully saturated rings. The number of methoxy groups -OCH3 is 2. The molecule has 0 unspecified atom stereocenters. The molecule has 1 saturated heterocycles. The Bertz CT molecular complexity index is 1050. The molecule has 2 amide bonds. The number of H-pyrrole nitrogens is 1. The number of ether oxygens (including phenoxy) is 2. The molecule has 0 aliphatic carbocycles. The van der Waals surface area contributed by atoms with Crippen LogP contribution in [0.4, 0.5) is 0 Å². The van der Waals surface area contributed by atoms with E-state index in [1.54, 1.807) is 60.7 Å². The topological polar surface area (TPSA) is 101 Å². The van der Waals surface area contributed by atoms with Gasteiger partial charge >= 0.3 is 0 Å². The Labute approximate surface area is 179 Å². The lowest BCUT2D eigenvalue weighted by Gasteiger charge is -2.34. The maximum absolute atomic E-state index is 12.9. The Hall–Kier alpha value is -3.88. The van der Waals surface area contributed by atoms with Crippen LogP contribution in [0.15, 0.2) is 48.8 Å². The summed E-state index contributed by atoms with van der Waals surface area (Å²) in [5.41, 5.74) is 2.48. The number of hydrogen-bond acceptors (Lipinski definition) is 6. The van der Waals surface area contributed by atoms with Gasteiger partial charge in [-0.25, -0.2) is 0 Å². The molecule has 4 rings (SSSR count). The van der Waals surface area contributed by atoms with Crippen LogP contribution in [0, 0.1) is 0 Å². The molecule has 1 aliphatic rings. The predicted octanol–water partition coefficient (Wildman–Crippen LogP) is 2.09. The van der Waals surface area contributed by atoms with Gasteiger partial charge in [-0.15, -0.1) is 0 Å². The van der Waals surface area contributed by atoms with Gasteiger partial charge in [0.2, 0.25) is 0 Å². The molecule has 0 bridgehead atoms. The second kappa shape index (κ2) is 8.86. The van der Waals surface area contributed by atoms with E-state index in [4.69, 9.17) is 9.47 Å². The molecule has 0 spiro atoms. The molecule has 3 aromatic rings. The van der Waals surface area contributed by atoms with Crippen molar-refractivity contribution in [3.05, 3.63) is 60.0 Å². The molecule has 9 heteroatoms. The Kier molecular flexibility index (Phi) is 5.83. The summed E-state index contributed by atoms with van der Waals surface area (Å²) in [5.74, 6) is 0.857.